The van der Waals surface area contributed by atoms with Gasteiger partial charge in [-0.2, -0.15) is 5.10 Å². The predicted octanol–water partition coefficient (Wildman–Crippen LogP) is 1.56. The highest BCUT2D eigenvalue weighted by Gasteiger charge is 2.15. The number of anilines is 1. The van der Waals surface area contributed by atoms with Crippen molar-refractivity contribution in [1.29, 1.82) is 0 Å². The smallest absolute Gasteiger partial charge is 0.254 e. The zero-order valence-corrected chi connectivity index (χ0v) is 10.6. The molecule has 0 aliphatic heterocycles. The molecule has 3 N–H and O–H groups in total. The second-order valence-electron chi connectivity index (χ2n) is 4.24. The third-order valence-corrected chi connectivity index (χ3v) is 2.72. The van der Waals surface area contributed by atoms with Crippen LogP contribution in [0, 0.1) is 11.6 Å². The number of carbonyl (C=O) groups excluding carboxylic acids is 1. The van der Waals surface area contributed by atoms with E-state index in [0.29, 0.717) is 19.5 Å². The van der Waals surface area contributed by atoms with Gasteiger partial charge in [0.25, 0.3) is 5.91 Å². The van der Waals surface area contributed by atoms with Gasteiger partial charge in [0.05, 0.1) is 11.3 Å². The van der Waals surface area contributed by atoms with Crippen molar-refractivity contribution in [2.24, 2.45) is 0 Å². The Morgan fingerprint density at radius 3 is 2.90 bits per heavy atom. The van der Waals surface area contributed by atoms with Gasteiger partial charge < -0.3 is 11.1 Å². The molecule has 0 saturated heterocycles. The fourth-order valence-corrected chi connectivity index (χ4v) is 1.75. The van der Waals surface area contributed by atoms with Crippen LogP contribution in [0.2, 0.25) is 0 Å². The molecular formula is C13H14F2N4O. The first-order valence-corrected chi connectivity index (χ1v) is 6.08. The molecule has 5 nitrogen and oxygen atoms in total. The number of aryl methyl sites for hydroxylation is 1. The molecule has 0 unspecified atom stereocenters. The SMILES string of the molecule is Nc1cc(F)cc(C(=O)NCCCn2cccn2)c1F. The van der Waals surface area contributed by atoms with Crippen LogP contribution in [0.1, 0.15) is 16.8 Å². The van der Waals surface area contributed by atoms with Crippen LogP contribution in [-0.4, -0.2) is 22.2 Å². The minimum absolute atomic E-state index is 0.328. The van der Waals surface area contributed by atoms with Crippen LogP contribution in [-0.2, 0) is 6.54 Å². The van der Waals surface area contributed by atoms with Gasteiger partial charge in [0, 0.05) is 25.5 Å². The summed E-state index contributed by atoms with van der Waals surface area (Å²) in [4.78, 5) is 11.7. The second-order valence-corrected chi connectivity index (χ2v) is 4.24. The number of amides is 1. The van der Waals surface area contributed by atoms with E-state index in [1.807, 2.05) is 0 Å². The van der Waals surface area contributed by atoms with Crippen LogP contribution in [0.3, 0.4) is 0 Å². The van der Waals surface area contributed by atoms with E-state index in [0.717, 1.165) is 12.1 Å². The highest BCUT2D eigenvalue weighted by Crippen LogP contribution is 2.17. The maximum atomic E-state index is 13.6. The summed E-state index contributed by atoms with van der Waals surface area (Å²) in [5.74, 6) is -2.34. The van der Waals surface area contributed by atoms with E-state index in [4.69, 9.17) is 5.73 Å². The quantitative estimate of drug-likeness (QED) is 0.645. The first-order valence-electron chi connectivity index (χ1n) is 6.08. The molecule has 20 heavy (non-hydrogen) atoms. The molecular weight excluding hydrogens is 266 g/mol. The van der Waals surface area contributed by atoms with Crippen molar-refractivity contribution < 1.29 is 13.6 Å². The number of nitrogens with one attached hydrogen (secondary N) is 1. The van der Waals surface area contributed by atoms with E-state index in [1.54, 1.807) is 23.1 Å². The number of hydrogen-bond acceptors (Lipinski definition) is 3. The Hall–Kier alpha value is -2.44. The number of carbonyl (C=O) groups is 1. The molecule has 0 saturated carbocycles. The summed E-state index contributed by atoms with van der Waals surface area (Å²) in [5, 5.41) is 6.52. The van der Waals surface area contributed by atoms with Crippen LogP contribution in [0.4, 0.5) is 14.5 Å². The first kappa shape index (κ1) is 14.0. The summed E-state index contributed by atoms with van der Waals surface area (Å²) >= 11 is 0. The van der Waals surface area contributed by atoms with Gasteiger partial charge in [0.1, 0.15) is 5.82 Å². The lowest BCUT2D eigenvalue weighted by Gasteiger charge is -2.08. The van der Waals surface area contributed by atoms with Crippen LogP contribution in [0.15, 0.2) is 30.6 Å². The lowest BCUT2D eigenvalue weighted by molar-refractivity contribution is 0.0948. The van der Waals surface area contributed by atoms with E-state index in [1.165, 1.54) is 0 Å². The van der Waals surface area contributed by atoms with Crippen LogP contribution in [0.5, 0.6) is 0 Å². The zero-order chi connectivity index (χ0) is 14.5. The molecule has 0 aliphatic rings. The van der Waals surface area contributed by atoms with E-state index in [-0.39, 0.29) is 11.3 Å². The number of benzene rings is 1. The van der Waals surface area contributed by atoms with Crippen molar-refractivity contribution in [3.05, 3.63) is 47.8 Å². The standard InChI is InChI=1S/C13H14F2N4O/c14-9-7-10(12(15)11(16)8-9)13(20)17-3-1-5-19-6-2-4-18-19/h2,4,6-8H,1,3,5,16H2,(H,17,20). The molecule has 0 atom stereocenters. The monoisotopic (exact) mass is 280 g/mol. The predicted molar refractivity (Wildman–Crippen MR) is 69.9 cm³/mol. The minimum atomic E-state index is -0.907. The van der Waals surface area contributed by atoms with E-state index >= 15 is 0 Å². The van der Waals surface area contributed by atoms with Gasteiger partial charge in [-0.3, -0.25) is 9.48 Å². The highest BCUT2D eigenvalue weighted by atomic mass is 19.1. The summed E-state index contributed by atoms with van der Waals surface area (Å²) < 4.78 is 28.4. The van der Waals surface area contributed by atoms with Crippen molar-refractivity contribution in [3.8, 4) is 0 Å². The first-order chi connectivity index (χ1) is 9.58. The largest absolute Gasteiger partial charge is 0.396 e. The lowest BCUT2D eigenvalue weighted by atomic mass is 10.1. The Bertz CT molecular complexity index is 599. The lowest BCUT2D eigenvalue weighted by Crippen LogP contribution is -2.26. The minimum Gasteiger partial charge on any atom is -0.396 e. The molecule has 7 heteroatoms. The summed E-state index contributed by atoms with van der Waals surface area (Å²) in [6.07, 6.45) is 4.08. The van der Waals surface area contributed by atoms with E-state index in [9.17, 15) is 13.6 Å². The normalized spacial score (nSPS) is 10.5. The number of nitrogen functional groups attached to an aromatic ring is 1. The van der Waals surface area contributed by atoms with E-state index in [2.05, 4.69) is 10.4 Å². The van der Waals surface area contributed by atoms with Crippen molar-refractivity contribution in [1.82, 2.24) is 15.1 Å². The number of nitrogens with two attached hydrogens (primary N) is 1. The summed E-state index contributed by atoms with van der Waals surface area (Å²) in [5.41, 5.74) is 4.50. The average molecular weight is 280 g/mol. The van der Waals surface area contributed by atoms with Gasteiger partial charge >= 0.3 is 0 Å². The van der Waals surface area contributed by atoms with Gasteiger partial charge in [-0.25, -0.2) is 8.78 Å². The van der Waals surface area contributed by atoms with Gasteiger partial charge in [0.2, 0.25) is 0 Å². The third kappa shape index (κ3) is 3.31. The fourth-order valence-electron chi connectivity index (χ4n) is 1.75. The Labute approximate surface area is 114 Å². The van der Waals surface area contributed by atoms with Crippen molar-refractivity contribution in [2.45, 2.75) is 13.0 Å². The Morgan fingerprint density at radius 1 is 1.40 bits per heavy atom. The van der Waals surface area contributed by atoms with Crippen LogP contribution in [0.25, 0.3) is 0 Å². The fraction of sp³-hybridized carbons (Fsp3) is 0.231. The summed E-state index contributed by atoms with van der Waals surface area (Å²) in [6.45, 7) is 0.954. The number of hydrogen-bond donors (Lipinski definition) is 2. The molecule has 0 bridgehead atoms. The third-order valence-electron chi connectivity index (χ3n) is 2.72. The van der Waals surface area contributed by atoms with Gasteiger partial charge in [-0.1, -0.05) is 0 Å². The molecule has 1 aromatic carbocycles. The molecule has 1 amide bonds. The molecule has 0 aliphatic carbocycles. The Morgan fingerprint density at radius 2 is 2.20 bits per heavy atom. The van der Waals surface area contributed by atoms with Crippen molar-refractivity contribution >= 4 is 11.6 Å². The molecule has 1 heterocycles. The van der Waals surface area contributed by atoms with E-state index < -0.39 is 17.5 Å². The zero-order valence-electron chi connectivity index (χ0n) is 10.6. The Kier molecular flexibility index (Phi) is 4.29. The van der Waals surface area contributed by atoms with Gasteiger partial charge in [-0.05, 0) is 24.6 Å². The van der Waals surface area contributed by atoms with Gasteiger partial charge in [0.15, 0.2) is 5.82 Å². The molecule has 0 radical (unpaired) electrons. The summed E-state index contributed by atoms with van der Waals surface area (Å²) in [7, 11) is 0. The topological polar surface area (TPSA) is 72.9 Å². The molecule has 0 fully saturated rings. The summed E-state index contributed by atoms with van der Waals surface area (Å²) in [6, 6.07) is 3.46. The van der Waals surface area contributed by atoms with Crippen molar-refractivity contribution in [2.75, 3.05) is 12.3 Å². The molecule has 2 aromatic rings. The maximum Gasteiger partial charge on any atom is 0.254 e. The van der Waals surface area contributed by atoms with Crippen LogP contribution < -0.4 is 11.1 Å². The van der Waals surface area contributed by atoms with Gasteiger partial charge in [-0.15, -0.1) is 0 Å². The highest BCUT2D eigenvalue weighted by molar-refractivity contribution is 5.95. The molecule has 106 valence electrons. The number of nitrogens with zero attached hydrogens (tertiary/aromatic N) is 2. The molecule has 0 spiro atoms. The number of aromatic nitrogens is 2. The Balaban J connectivity index is 1.89. The average Bonchev–Trinajstić information content (AvgIpc) is 2.91. The van der Waals surface area contributed by atoms with Crippen molar-refractivity contribution in [3.63, 3.8) is 0 Å². The number of rotatable bonds is 5. The number of halogens is 2. The maximum absolute atomic E-state index is 13.6. The molecule has 1 aromatic heterocycles. The second kappa shape index (κ2) is 6.14. The van der Waals surface area contributed by atoms with Crippen LogP contribution >= 0.6 is 0 Å². The molecule has 2 rings (SSSR count).